The lowest BCUT2D eigenvalue weighted by atomic mass is 9.78. The van der Waals surface area contributed by atoms with Gasteiger partial charge in [-0.3, -0.25) is 9.78 Å². The van der Waals surface area contributed by atoms with Crippen molar-refractivity contribution in [1.29, 1.82) is 0 Å². The van der Waals surface area contributed by atoms with Crippen molar-refractivity contribution in [3.05, 3.63) is 71.8 Å². The highest BCUT2D eigenvalue weighted by Gasteiger charge is 2.44. The minimum absolute atomic E-state index is 0.0124. The number of amides is 1. The maximum Gasteiger partial charge on any atom is 0.231 e. The second kappa shape index (κ2) is 7.03. The van der Waals surface area contributed by atoms with Crippen LogP contribution in [-0.4, -0.2) is 31.5 Å². The number of hydrogen-bond donors (Lipinski definition) is 2. The SMILES string of the molecule is O=C(NC(c1ccccc1)c1nn[nH]n1)C1(c2cccnc2)CCCC1. The molecule has 132 valence electrons. The minimum Gasteiger partial charge on any atom is -0.341 e. The quantitative estimate of drug-likeness (QED) is 0.737. The van der Waals surface area contributed by atoms with Crippen LogP contribution in [0.2, 0.25) is 0 Å². The van der Waals surface area contributed by atoms with E-state index in [2.05, 4.69) is 30.9 Å². The van der Waals surface area contributed by atoms with Crippen molar-refractivity contribution in [3.63, 3.8) is 0 Å². The van der Waals surface area contributed by atoms with Gasteiger partial charge < -0.3 is 5.32 Å². The molecule has 1 aromatic carbocycles. The van der Waals surface area contributed by atoms with Crippen molar-refractivity contribution in [2.24, 2.45) is 0 Å². The molecular formula is C19H20N6O. The summed E-state index contributed by atoms with van der Waals surface area (Å²) >= 11 is 0. The van der Waals surface area contributed by atoms with E-state index < -0.39 is 11.5 Å². The van der Waals surface area contributed by atoms with Gasteiger partial charge in [0, 0.05) is 12.4 Å². The van der Waals surface area contributed by atoms with Crippen molar-refractivity contribution >= 4 is 5.91 Å². The molecular weight excluding hydrogens is 328 g/mol. The van der Waals surface area contributed by atoms with Crippen LogP contribution in [0, 0.1) is 0 Å². The number of aromatic amines is 1. The monoisotopic (exact) mass is 348 g/mol. The predicted molar refractivity (Wildman–Crippen MR) is 95.0 cm³/mol. The number of H-pyrrole nitrogens is 1. The molecule has 4 rings (SSSR count). The van der Waals surface area contributed by atoms with Gasteiger partial charge in [0.1, 0.15) is 6.04 Å². The van der Waals surface area contributed by atoms with E-state index in [0.717, 1.165) is 36.8 Å². The van der Waals surface area contributed by atoms with Crippen molar-refractivity contribution in [3.8, 4) is 0 Å². The summed E-state index contributed by atoms with van der Waals surface area (Å²) in [6.45, 7) is 0. The van der Waals surface area contributed by atoms with E-state index in [9.17, 15) is 4.79 Å². The van der Waals surface area contributed by atoms with Gasteiger partial charge in [-0.2, -0.15) is 5.21 Å². The van der Waals surface area contributed by atoms with Crippen LogP contribution in [0.5, 0.6) is 0 Å². The molecule has 1 aliphatic rings. The molecule has 0 saturated heterocycles. The number of aromatic nitrogens is 5. The first-order chi connectivity index (χ1) is 12.8. The Labute approximate surface area is 151 Å². The maximum absolute atomic E-state index is 13.4. The molecule has 26 heavy (non-hydrogen) atoms. The van der Waals surface area contributed by atoms with E-state index in [0.29, 0.717) is 5.82 Å². The fourth-order valence-corrected chi connectivity index (χ4v) is 3.77. The Bertz CT molecular complexity index is 844. The van der Waals surface area contributed by atoms with Crippen molar-refractivity contribution < 1.29 is 4.79 Å². The summed E-state index contributed by atoms with van der Waals surface area (Å²) in [7, 11) is 0. The largest absolute Gasteiger partial charge is 0.341 e. The summed E-state index contributed by atoms with van der Waals surface area (Å²) in [5.74, 6) is 0.436. The number of nitrogens with one attached hydrogen (secondary N) is 2. The van der Waals surface area contributed by atoms with Crippen LogP contribution in [-0.2, 0) is 10.2 Å². The number of carbonyl (C=O) groups excluding carboxylic acids is 1. The van der Waals surface area contributed by atoms with Gasteiger partial charge in [-0.05, 0) is 30.0 Å². The molecule has 0 radical (unpaired) electrons. The number of rotatable bonds is 5. The number of carbonyl (C=O) groups is 1. The summed E-state index contributed by atoms with van der Waals surface area (Å²) in [5.41, 5.74) is 1.34. The van der Waals surface area contributed by atoms with E-state index in [1.54, 1.807) is 12.4 Å². The van der Waals surface area contributed by atoms with E-state index in [4.69, 9.17) is 0 Å². The molecule has 1 atom stereocenters. The van der Waals surface area contributed by atoms with Crippen LogP contribution >= 0.6 is 0 Å². The fourth-order valence-electron chi connectivity index (χ4n) is 3.77. The van der Waals surface area contributed by atoms with Crippen LogP contribution in [0.15, 0.2) is 54.9 Å². The highest BCUT2D eigenvalue weighted by atomic mass is 16.2. The normalized spacial score (nSPS) is 16.9. The van der Waals surface area contributed by atoms with E-state index in [1.165, 1.54) is 0 Å². The molecule has 1 aliphatic carbocycles. The molecule has 1 fully saturated rings. The lowest BCUT2D eigenvalue weighted by molar-refractivity contribution is -0.127. The summed E-state index contributed by atoms with van der Waals surface area (Å²) in [4.78, 5) is 17.6. The highest BCUT2D eigenvalue weighted by Crippen LogP contribution is 2.41. The third kappa shape index (κ3) is 2.96. The van der Waals surface area contributed by atoms with E-state index >= 15 is 0 Å². The zero-order chi connectivity index (χ0) is 17.8. The average molecular weight is 348 g/mol. The lowest BCUT2D eigenvalue weighted by Crippen LogP contribution is -2.44. The number of nitrogens with zero attached hydrogens (tertiary/aromatic N) is 4. The number of hydrogen-bond acceptors (Lipinski definition) is 5. The topological polar surface area (TPSA) is 96.5 Å². The Hall–Kier alpha value is -3.09. The molecule has 1 saturated carbocycles. The second-order valence-corrected chi connectivity index (χ2v) is 6.62. The van der Waals surface area contributed by atoms with Crippen molar-refractivity contribution in [2.45, 2.75) is 37.1 Å². The van der Waals surface area contributed by atoms with E-state index in [1.807, 2.05) is 42.5 Å². The molecule has 2 N–H and O–H groups in total. The third-order valence-corrected chi connectivity index (χ3v) is 5.13. The van der Waals surface area contributed by atoms with Crippen LogP contribution in [0.25, 0.3) is 0 Å². The van der Waals surface area contributed by atoms with E-state index in [-0.39, 0.29) is 5.91 Å². The highest BCUT2D eigenvalue weighted by molar-refractivity contribution is 5.89. The zero-order valence-electron chi connectivity index (χ0n) is 14.3. The molecule has 2 aromatic heterocycles. The van der Waals surface area contributed by atoms with Crippen LogP contribution in [0.3, 0.4) is 0 Å². The maximum atomic E-state index is 13.4. The molecule has 1 unspecified atom stereocenters. The molecule has 7 heteroatoms. The Balaban J connectivity index is 1.68. The first-order valence-electron chi connectivity index (χ1n) is 8.79. The number of pyridine rings is 1. The van der Waals surface area contributed by atoms with Gasteiger partial charge in [0.25, 0.3) is 0 Å². The summed E-state index contributed by atoms with van der Waals surface area (Å²) < 4.78 is 0. The van der Waals surface area contributed by atoms with Gasteiger partial charge in [0.15, 0.2) is 0 Å². The first kappa shape index (κ1) is 16.4. The first-order valence-corrected chi connectivity index (χ1v) is 8.79. The molecule has 7 nitrogen and oxygen atoms in total. The third-order valence-electron chi connectivity index (χ3n) is 5.13. The zero-order valence-corrected chi connectivity index (χ0v) is 14.3. The summed E-state index contributed by atoms with van der Waals surface area (Å²) in [6.07, 6.45) is 7.23. The van der Waals surface area contributed by atoms with Gasteiger partial charge in [-0.25, -0.2) is 0 Å². The number of benzene rings is 1. The Morgan fingerprint density at radius 3 is 2.58 bits per heavy atom. The Morgan fingerprint density at radius 2 is 1.92 bits per heavy atom. The van der Waals surface area contributed by atoms with Crippen molar-refractivity contribution in [1.82, 2.24) is 30.9 Å². The standard InChI is InChI=1S/C19H20N6O/c26-18(19(10-4-5-11-19)15-9-6-12-20-13-15)21-16(17-22-24-25-23-17)14-7-2-1-3-8-14/h1-3,6-9,12-13,16H,4-5,10-11H2,(H,21,26)(H,22,23,24,25). The van der Waals surface area contributed by atoms with Gasteiger partial charge in [0.2, 0.25) is 11.7 Å². The second-order valence-electron chi connectivity index (χ2n) is 6.62. The lowest BCUT2D eigenvalue weighted by Gasteiger charge is -2.30. The van der Waals surface area contributed by atoms with Crippen LogP contribution in [0.4, 0.5) is 0 Å². The van der Waals surface area contributed by atoms with Crippen LogP contribution < -0.4 is 5.32 Å². The molecule has 3 aromatic rings. The smallest absolute Gasteiger partial charge is 0.231 e. The molecule has 0 bridgehead atoms. The predicted octanol–water partition coefficient (Wildman–Crippen LogP) is 2.31. The van der Waals surface area contributed by atoms with Gasteiger partial charge >= 0.3 is 0 Å². The van der Waals surface area contributed by atoms with Gasteiger partial charge in [-0.15, -0.1) is 10.2 Å². The Morgan fingerprint density at radius 1 is 1.12 bits per heavy atom. The Kier molecular flexibility index (Phi) is 4.43. The minimum atomic E-state index is -0.551. The summed E-state index contributed by atoms with van der Waals surface area (Å²) in [5, 5.41) is 17.5. The van der Waals surface area contributed by atoms with Gasteiger partial charge in [-0.1, -0.05) is 54.5 Å². The average Bonchev–Trinajstić information content (AvgIpc) is 3.40. The molecule has 0 spiro atoms. The van der Waals surface area contributed by atoms with Crippen LogP contribution in [0.1, 0.15) is 48.7 Å². The van der Waals surface area contributed by atoms with Crippen molar-refractivity contribution in [2.75, 3.05) is 0 Å². The number of tetrazole rings is 1. The fraction of sp³-hybridized carbons (Fsp3) is 0.316. The molecule has 2 heterocycles. The molecule has 1 amide bonds. The molecule has 0 aliphatic heterocycles. The summed E-state index contributed by atoms with van der Waals surface area (Å²) in [6, 6.07) is 13.1. The van der Waals surface area contributed by atoms with Gasteiger partial charge in [0.05, 0.1) is 5.41 Å².